The van der Waals surface area contributed by atoms with E-state index in [1.807, 2.05) is 42.5 Å². The van der Waals surface area contributed by atoms with Crippen LogP contribution in [0.25, 0.3) is 0 Å². The van der Waals surface area contributed by atoms with Crippen molar-refractivity contribution in [1.29, 1.82) is 0 Å². The van der Waals surface area contributed by atoms with Gasteiger partial charge >= 0.3 is 42.8 Å². The Morgan fingerprint density at radius 3 is 2.20 bits per heavy atom. The minimum atomic E-state index is -2.18. The Labute approximate surface area is 199 Å². The molecule has 0 amide bonds. The van der Waals surface area contributed by atoms with E-state index in [1.54, 1.807) is 7.11 Å². The molecule has 1 N–H and O–H groups in total. The van der Waals surface area contributed by atoms with Crippen molar-refractivity contribution in [3.8, 4) is 5.75 Å². The molecule has 6 heteroatoms. The predicted molar refractivity (Wildman–Crippen MR) is 126 cm³/mol. The molecule has 1 atom stereocenters. The average Bonchev–Trinajstić information content (AvgIpc) is 2.75. The van der Waals surface area contributed by atoms with Gasteiger partial charge in [0.05, 0.1) is 19.0 Å². The summed E-state index contributed by atoms with van der Waals surface area (Å²) in [4.78, 5) is 0. The quantitative estimate of drug-likeness (QED) is 0.201. The summed E-state index contributed by atoms with van der Waals surface area (Å²) in [6.07, 6.45) is 10.3. The topological polar surface area (TPSA) is 29.5 Å². The predicted octanol–water partition coefficient (Wildman–Crippen LogP) is 7.80. The molecule has 0 aromatic heterocycles. The molecule has 0 heterocycles. The monoisotopic (exact) mass is 637 g/mol. The van der Waals surface area contributed by atoms with E-state index in [0.29, 0.717) is 0 Å². The van der Waals surface area contributed by atoms with Gasteiger partial charge in [-0.25, -0.2) is 0 Å². The fourth-order valence-corrected chi connectivity index (χ4v) is 3.04. The molecule has 2 aromatic carbocycles. The van der Waals surface area contributed by atoms with Crippen LogP contribution in [0.1, 0.15) is 56.6 Å². The Hall–Kier alpha value is -0.450. The van der Waals surface area contributed by atoms with E-state index in [0.717, 1.165) is 42.6 Å². The van der Waals surface area contributed by atoms with Gasteiger partial charge in [0.25, 0.3) is 0 Å². The van der Waals surface area contributed by atoms with Crippen molar-refractivity contribution >= 4 is 27.6 Å². The van der Waals surface area contributed by atoms with E-state index < -0.39 is 21.3 Å². The molecule has 0 radical (unpaired) electrons. The Morgan fingerprint density at radius 1 is 1.00 bits per heavy atom. The summed E-state index contributed by atoms with van der Waals surface area (Å²) in [5, 5.41) is 10.8. The van der Waals surface area contributed by atoms with Gasteiger partial charge in [0, 0.05) is 0 Å². The van der Waals surface area contributed by atoms with Gasteiger partial charge in [-0.2, -0.15) is 23.8 Å². The molecule has 0 aliphatic heterocycles. The van der Waals surface area contributed by atoms with Crippen LogP contribution in [0.5, 0.6) is 5.75 Å². The third kappa shape index (κ3) is 13.1. The molecule has 0 aliphatic carbocycles. The SMILES string of the molecule is CCCCCCC(=[C-]c1ccc(OC)cc1)C(O)CCc1ccccc1.[Cl][Ta]([Cl])[Cl]. The molecule has 0 bridgehead atoms. The van der Waals surface area contributed by atoms with E-state index in [-0.39, 0.29) is 0 Å². The van der Waals surface area contributed by atoms with E-state index in [9.17, 15) is 5.11 Å². The first-order valence-electron chi connectivity index (χ1n) is 10.2. The Balaban J connectivity index is 0.00000103. The van der Waals surface area contributed by atoms with Crippen LogP contribution >= 0.6 is 27.6 Å². The van der Waals surface area contributed by atoms with E-state index in [2.05, 4.69) is 25.1 Å². The van der Waals surface area contributed by atoms with Crippen LogP contribution in [0.2, 0.25) is 0 Å². The van der Waals surface area contributed by atoms with Crippen LogP contribution in [-0.2, 0) is 21.6 Å². The summed E-state index contributed by atoms with van der Waals surface area (Å²) >= 11 is -2.18. The van der Waals surface area contributed by atoms with Gasteiger partial charge in [0.1, 0.15) is 0 Å². The van der Waals surface area contributed by atoms with Crippen molar-refractivity contribution in [3.05, 3.63) is 77.4 Å². The molecule has 0 aliphatic rings. The van der Waals surface area contributed by atoms with Crippen LogP contribution in [0.4, 0.5) is 0 Å². The zero-order chi connectivity index (χ0) is 22.2. The van der Waals surface area contributed by atoms with Crippen LogP contribution in [0, 0.1) is 6.08 Å². The number of methoxy groups -OCH3 is 1. The Bertz CT molecular complexity index is 703. The fraction of sp³-hybridized carbons (Fsp3) is 0.417. The maximum atomic E-state index is 10.8. The number of unbranched alkanes of at least 4 members (excludes halogenated alkanes) is 3. The number of benzene rings is 2. The maximum absolute atomic E-state index is 10.8. The van der Waals surface area contributed by atoms with Gasteiger partial charge in [-0.1, -0.05) is 75.1 Å². The molecule has 2 nitrogen and oxygen atoms in total. The van der Waals surface area contributed by atoms with Crippen molar-refractivity contribution in [2.24, 2.45) is 0 Å². The number of rotatable bonds is 11. The van der Waals surface area contributed by atoms with Gasteiger partial charge < -0.3 is 9.84 Å². The summed E-state index contributed by atoms with van der Waals surface area (Å²) in [7, 11) is 16.7. The molecule has 0 saturated heterocycles. The van der Waals surface area contributed by atoms with E-state index in [1.165, 1.54) is 24.8 Å². The van der Waals surface area contributed by atoms with Crippen molar-refractivity contribution < 1.29 is 25.0 Å². The standard InChI is InChI=1S/C24H31O2.3ClH.Ta/c1-3-4-5-9-12-22(19-21-13-16-23(26-2)17-14-21)24(25)18-15-20-10-7-6-8-11-20;;;;/h6-8,10-11,13-14,16-17,24-25H,3-5,9,12,15,18H2,1-2H3;3*1H;/q-1;;;;+3/p-3. The number of aliphatic hydroxyl groups excluding tert-OH is 1. The third-order valence-electron chi connectivity index (χ3n) is 4.65. The summed E-state index contributed by atoms with van der Waals surface area (Å²) < 4.78 is 5.22. The van der Waals surface area contributed by atoms with Crippen molar-refractivity contribution in [3.63, 3.8) is 0 Å². The molecular weight excluding hydrogens is 608 g/mol. The average molecular weight is 639 g/mol. The molecule has 0 saturated carbocycles. The second-order valence-electron chi connectivity index (χ2n) is 6.92. The molecule has 0 fully saturated rings. The number of hydrogen-bond donors (Lipinski definition) is 1. The van der Waals surface area contributed by atoms with Crippen molar-refractivity contribution in [2.45, 2.75) is 58.0 Å². The van der Waals surface area contributed by atoms with E-state index in [4.69, 9.17) is 32.3 Å². The molecule has 30 heavy (non-hydrogen) atoms. The van der Waals surface area contributed by atoms with Gasteiger partial charge in [-0.05, 0) is 24.8 Å². The second-order valence-corrected chi connectivity index (χ2v) is 20.8. The van der Waals surface area contributed by atoms with Gasteiger partial charge in [-0.3, -0.25) is 0 Å². The summed E-state index contributed by atoms with van der Waals surface area (Å²) in [5.41, 5.74) is 3.28. The zero-order valence-electron chi connectivity index (χ0n) is 17.7. The summed E-state index contributed by atoms with van der Waals surface area (Å²) in [6, 6.07) is 18.2. The molecular formula is C24H31Cl3O2Ta-. The first kappa shape index (κ1) is 27.6. The molecule has 2 aromatic rings. The van der Waals surface area contributed by atoms with Gasteiger partial charge in [0.2, 0.25) is 0 Å². The third-order valence-corrected chi connectivity index (χ3v) is 4.65. The van der Waals surface area contributed by atoms with Crippen molar-refractivity contribution in [2.75, 3.05) is 7.11 Å². The van der Waals surface area contributed by atoms with E-state index >= 15 is 0 Å². The number of aryl methyl sites for hydroxylation is 1. The van der Waals surface area contributed by atoms with Crippen molar-refractivity contribution in [1.82, 2.24) is 0 Å². The van der Waals surface area contributed by atoms with Crippen LogP contribution in [0.3, 0.4) is 0 Å². The molecule has 166 valence electrons. The summed E-state index contributed by atoms with van der Waals surface area (Å²) in [5.74, 6) is 0.838. The first-order valence-corrected chi connectivity index (χ1v) is 22.2. The van der Waals surface area contributed by atoms with Gasteiger partial charge in [-0.15, -0.1) is 5.57 Å². The number of hydrogen-bond acceptors (Lipinski definition) is 2. The molecule has 0 spiro atoms. The normalized spacial score (nSPS) is 12.3. The Morgan fingerprint density at radius 2 is 1.63 bits per heavy atom. The van der Waals surface area contributed by atoms with Crippen LogP contribution in [-0.4, -0.2) is 18.3 Å². The summed E-state index contributed by atoms with van der Waals surface area (Å²) in [6.45, 7) is 2.22. The number of aliphatic hydroxyl groups is 1. The minimum absolute atomic E-state index is 0.445. The van der Waals surface area contributed by atoms with Gasteiger partial charge in [0.15, 0.2) is 0 Å². The fourth-order valence-electron chi connectivity index (χ4n) is 3.04. The first-order chi connectivity index (χ1) is 14.5. The Kier molecular flexibility index (Phi) is 15.8. The number of halogens is 3. The molecule has 1 unspecified atom stereocenters. The number of ether oxygens (including phenoxy) is 1. The van der Waals surface area contributed by atoms with Crippen LogP contribution < -0.4 is 4.74 Å². The second kappa shape index (κ2) is 17.1. The zero-order valence-corrected chi connectivity index (χ0v) is 23.1. The van der Waals surface area contributed by atoms with Crippen LogP contribution in [0.15, 0.2) is 60.2 Å². The molecule has 2 rings (SSSR count).